The smallest absolute Gasteiger partial charge is 0.308 e. The van der Waals surface area contributed by atoms with Crippen LogP contribution in [0.2, 0.25) is 0 Å². The SMILES string of the molecule is O=C(O)C(CN1CCCC1)C1CCC1. The largest absolute Gasteiger partial charge is 0.481 e. The Hall–Kier alpha value is -0.570. The van der Waals surface area contributed by atoms with Gasteiger partial charge in [-0.05, 0) is 44.7 Å². The average Bonchev–Trinajstić information content (AvgIpc) is 2.52. The lowest BCUT2D eigenvalue weighted by Crippen LogP contribution is -2.38. The van der Waals surface area contributed by atoms with Gasteiger partial charge in [-0.15, -0.1) is 0 Å². The van der Waals surface area contributed by atoms with E-state index in [0.29, 0.717) is 5.92 Å². The van der Waals surface area contributed by atoms with Crippen molar-refractivity contribution in [3.05, 3.63) is 0 Å². The number of likely N-dealkylation sites (tertiary alicyclic amines) is 1. The highest BCUT2D eigenvalue weighted by molar-refractivity contribution is 5.70. The summed E-state index contributed by atoms with van der Waals surface area (Å²) in [7, 11) is 0. The number of carboxylic acids is 1. The lowest BCUT2D eigenvalue weighted by atomic mass is 9.75. The zero-order valence-corrected chi connectivity index (χ0v) is 8.61. The van der Waals surface area contributed by atoms with Gasteiger partial charge in [0.2, 0.25) is 0 Å². The summed E-state index contributed by atoms with van der Waals surface area (Å²) >= 11 is 0. The molecule has 1 aliphatic carbocycles. The minimum absolute atomic E-state index is 0.0955. The number of hydrogen-bond acceptors (Lipinski definition) is 2. The molecule has 0 aromatic rings. The molecule has 0 radical (unpaired) electrons. The summed E-state index contributed by atoms with van der Waals surface area (Å²) in [6, 6.07) is 0. The molecule has 1 N–H and O–H groups in total. The first kappa shape index (κ1) is 9.97. The topological polar surface area (TPSA) is 40.5 Å². The van der Waals surface area contributed by atoms with E-state index in [-0.39, 0.29) is 5.92 Å². The molecule has 1 heterocycles. The predicted octanol–water partition coefficient (Wildman–Crippen LogP) is 1.58. The molecular formula is C11H19NO2. The molecule has 14 heavy (non-hydrogen) atoms. The van der Waals surface area contributed by atoms with Crippen LogP contribution in [0.15, 0.2) is 0 Å². The van der Waals surface area contributed by atoms with Crippen molar-refractivity contribution in [2.45, 2.75) is 32.1 Å². The van der Waals surface area contributed by atoms with Gasteiger partial charge < -0.3 is 10.0 Å². The van der Waals surface area contributed by atoms with Gasteiger partial charge in [0, 0.05) is 6.54 Å². The molecule has 80 valence electrons. The Balaban J connectivity index is 1.86. The van der Waals surface area contributed by atoms with Crippen LogP contribution in [0.3, 0.4) is 0 Å². The van der Waals surface area contributed by atoms with Crippen LogP contribution >= 0.6 is 0 Å². The van der Waals surface area contributed by atoms with E-state index in [1.54, 1.807) is 0 Å². The van der Waals surface area contributed by atoms with Gasteiger partial charge in [-0.3, -0.25) is 4.79 Å². The molecule has 0 spiro atoms. The van der Waals surface area contributed by atoms with Crippen molar-refractivity contribution in [2.24, 2.45) is 11.8 Å². The van der Waals surface area contributed by atoms with Crippen molar-refractivity contribution in [1.82, 2.24) is 4.90 Å². The summed E-state index contributed by atoms with van der Waals surface area (Å²) in [5.41, 5.74) is 0. The molecule has 1 saturated carbocycles. The Labute approximate surface area is 85.1 Å². The summed E-state index contributed by atoms with van der Waals surface area (Å²) in [4.78, 5) is 13.4. The van der Waals surface area contributed by atoms with E-state index in [1.807, 2.05) is 0 Å². The van der Waals surface area contributed by atoms with Crippen LogP contribution < -0.4 is 0 Å². The fraction of sp³-hybridized carbons (Fsp3) is 0.909. The molecule has 0 amide bonds. The molecule has 0 aromatic heterocycles. The van der Waals surface area contributed by atoms with Crippen LogP contribution in [-0.2, 0) is 4.79 Å². The van der Waals surface area contributed by atoms with Gasteiger partial charge in [0.25, 0.3) is 0 Å². The van der Waals surface area contributed by atoms with E-state index in [0.717, 1.165) is 32.5 Å². The van der Waals surface area contributed by atoms with Crippen molar-refractivity contribution < 1.29 is 9.90 Å². The van der Waals surface area contributed by atoms with Crippen LogP contribution in [0.25, 0.3) is 0 Å². The standard InChI is InChI=1S/C11H19NO2/c13-11(14)10(9-4-3-5-9)8-12-6-1-2-7-12/h9-10H,1-8H2,(H,13,14). The van der Waals surface area contributed by atoms with Crippen molar-refractivity contribution in [2.75, 3.05) is 19.6 Å². The third-order valence-electron chi connectivity index (χ3n) is 3.69. The van der Waals surface area contributed by atoms with Gasteiger partial charge in [-0.1, -0.05) is 6.42 Å². The highest BCUT2D eigenvalue weighted by atomic mass is 16.4. The Kier molecular flexibility index (Phi) is 3.06. The third-order valence-corrected chi connectivity index (χ3v) is 3.69. The van der Waals surface area contributed by atoms with E-state index in [4.69, 9.17) is 5.11 Å². The number of nitrogens with zero attached hydrogens (tertiary/aromatic N) is 1. The molecule has 2 rings (SSSR count). The highest BCUT2D eigenvalue weighted by Crippen LogP contribution is 2.34. The molecule has 3 nitrogen and oxygen atoms in total. The van der Waals surface area contributed by atoms with Gasteiger partial charge in [0.05, 0.1) is 5.92 Å². The Morgan fingerprint density at radius 3 is 2.36 bits per heavy atom. The fourth-order valence-electron chi connectivity index (χ4n) is 2.51. The van der Waals surface area contributed by atoms with Crippen molar-refractivity contribution in [1.29, 1.82) is 0 Å². The summed E-state index contributed by atoms with van der Waals surface area (Å²) < 4.78 is 0. The van der Waals surface area contributed by atoms with Crippen molar-refractivity contribution in [3.63, 3.8) is 0 Å². The first-order chi connectivity index (χ1) is 6.77. The van der Waals surface area contributed by atoms with E-state index in [2.05, 4.69) is 4.90 Å². The predicted molar refractivity (Wildman–Crippen MR) is 54.1 cm³/mol. The molecular weight excluding hydrogens is 178 g/mol. The second-order valence-corrected chi connectivity index (χ2v) is 4.64. The van der Waals surface area contributed by atoms with E-state index < -0.39 is 5.97 Å². The molecule has 2 fully saturated rings. The summed E-state index contributed by atoms with van der Waals surface area (Å²) in [5, 5.41) is 9.14. The molecule has 2 aliphatic rings. The molecule has 0 aromatic carbocycles. The van der Waals surface area contributed by atoms with Crippen LogP contribution in [0.5, 0.6) is 0 Å². The second-order valence-electron chi connectivity index (χ2n) is 4.64. The Morgan fingerprint density at radius 2 is 1.93 bits per heavy atom. The molecule has 1 saturated heterocycles. The quantitative estimate of drug-likeness (QED) is 0.744. The number of carbonyl (C=O) groups is 1. The first-order valence-electron chi connectivity index (χ1n) is 5.72. The highest BCUT2D eigenvalue weighted by Gasteiger charge is 2.34. The molecule has 1 aliphatic heterocycles. The number of carboxylic acid groups (broad SMARTS) is 1. The third kappa shape index (κ3) is 2.08. The summed E-state index contributed by atoms with van der Waals surface area (Å²) in [5.74, 6) is -0.212. The summed E-state index contributed by atoms with van der Waals surface area (Å²) in [6.07, 6.45) is 5.98. The molecule has 3 heteroatoms. The Morgan fingerprint density at radius 1 is 1.29 bits per heavy atom. The van der Waals surface area contributed by atoms with Crippen molar-refractivity contribution in [3.8, 4) is 0 Å². The molecule has 0 bridgehead atoms. The maximum atomic E-state index is 11.1. The van der Waals surface area contributed by atoms with Crippen LogP contribution in [0, 0.1) is 11.8 Å². The minimum atomic E-state index is -0.582. The number of hydrogen-bond donors (Lipinski definition) is 1. The normalized spacial score (nSPS) is 26.0. The van der Waals surface area contributed by atoms with E-state index in [1.165, 1.54) is 19.3 Å². The maximum Gasteiger partial charge on any atom is 0.308 e. The van der Waals surface area contributed by atoms with Gasteiger partial charge in [0.1, 0.15) is 0 Å². The lowest BCUT2D eigenvalue weighted by molar-refractivity contribution is -0.145. The number of aliphatic carboxylic acids is 1. The Bertz CT molecular complexity index is 207. The number of rotatable bonds is 4. The van der Waals surface area contributed by atoms with Gasteiger partial charge in [0.15, 0.2) is 0 Å². The second kappa shape index (κ2) is 4.30. The maximum absolute atomic E-state index is 11.1. The fourth-order valence-corrected chi connectivity index (χ4v) is 2.51. The van der Waals surface area contributed by atoms with E-state index >= 15 is 0 Å². The van der Waals surface area contributed by atoms with Crippen LogP contribution in [0.4, 0.5) is 0 Å². The zero-order valence-electron chi connectivity index (χ0n) is 8.61. The average molecular weight is 197 g/mol. The minimum Gasteiger partial charge on any atom is -0.481 e. The van der Waals surface area contributed by atoms with Gasteiger partial charge >= 0.3 is 5.97 Å². The van der Waals surface area contributed by atoms with Crippen LogP contribution in [-0.4, -0.2) is 35.6 Å². The van der Waals surface area contributed by atoms with Crippen molar-refractivity contribution >= 4 is 5.97 Å². The molecule has 1 unspecified atom stereocenters. The monoisotopic (exact) mass is 197 g/mol. The zero-order chi connectivity index (χ0) is 9.97. The van der Waals surface area contributed by atoms with Gasteiger partial charge in [-0.2, -0.15) is 0 Å². The lowest BCUT2D eigenvalue weighted by Gasteiger charge is -2.33. The molecule has 1 atom stereocenters. The first-order valence-corrected chi connectivity index (χ1v) is 5.72. The van der Waals surface area contributed by atoms with Crippen LogP contribution in [0.1, 0.15) is 32.1 Å². The van der Waals surface area contributed by atoms with E-state index in [9.17, 15) is 4.79 Å². The van der Waals surface area contributed by atoms with Gasteiger partial charge in [-0.25, -0.2) is 0 Å². The summed E-state index contributed by atoms with van der Waals surface area (Å²) in [6.45, 7) is 3.01.